The molecular formula is C20H16ClFN4O2. The smallest absolute Gasteiger partial charge is 0.274 e. The molecule has 0 saturated heterocycles. The van der Waals surface area contributed by atoms with Crippen LogP contribution in [0.2, 0.25) is 5.02 Å². The minimum Gasteiger partial charge on any atom is -0.355 e. The minimum atomic E-state index is -0.508. The number of anilines is 4. The number of rotatable bonds is 5. The first-order valence-electron chi connectivity index (χ1n) is 8.28. The first-order chi connectivity index (χ1) is 13.4. The van der Waals surface area contributed by atoms with E-state index >= 15 is 0 Å². The molecule has 3 aromatic rings. The molecule has 0 unspecified atom stereocenters. The topological polar surface area (TPSA) is 83.1 Å². The van der Waals surface area contributed by atoms with E-state index in [9.17, 15) is 14.0 Å². The van der Waals surface area contributed by atoms with Crippen molar-refractivity contribution in [2.24, 2.45) is 0 Å². The van der Waals surface area contributed by atoms with E-state index in [2.05, 4.69) is 20.9 Å². The van der Waals surface area contributed by atoms with E-state index in [1.807, 2.05) is 0 Å². The third-order valence-electron chi connectivity index (χ3n) is 3.66. The second-order valence-electron chi connectivity index (χ2n) is 5.90. The molecule has 0 spiro atoms. The van der Waals surface area contributed by atoms with Gasteiger partial charge < -0.3 is 16.0 Å². The Hall–Kier alpha value is -3.45. The van der Waals surface area contributed by atoms with Crippen LogP contribution in [0.25, 0.3) is 0 Å². The number of hydrogen-bond donors (Lipinski definition) is 3. The molecule has 0 atom stereocenters. The van der Waals surface area contributed by atoms with E-state index in [1.165, 1.54) is 31.3 Å². The number of benzene rings is 2. The van der Waals surface area contributed by atoms with Crippen molar-refractivity contribution in [3.8, 4) is 0 Å². The molecule has 3 rings (SSSR count). The summed E-state index contributed by atoms with van der Waals surface area (Å²) in [6, 6.07) is 14.2. The summed E-state index contributed by atoms with van der Waals surface area (Å²) in [5.41, 5.74) is 2.57. The molecule has 28 heavy (non-hydrogen) atoms. The molecule has 1 aromatic heterocycles. The molecule has 0 aliphatic carbocycles. The van der Waals surface area contributed by atoms with Crippen LogP contribution in [0.5, 0.6) is 0 Å². The number of pyridine rings is 1. The summed E-state index contributed by atoms with van der Waals surface area (Å²) < 4.78 is 13.3. The molecule has 6 nitrogen and oxygen atoms in total. The highest BCUT2D eigenvalue weighted by Crippen LogP contribution is 2.23. The van der Waals surface area contributed by atoms with Crippen molar-refractivity contribution in [3.63, 3.8) is 0 Å². The third kappa shape index (κ3) is 5.05. The summed E-state index contributed by atoms with van der Waals surface area (Å²) in [5, 5.41) is 8.43. The Morgan fingerprint density at radius 3 is 2.14 bits per heavy atom. The van der Waals surface area contributed by atoms with Crippen LogP contribution < -0.4 is 16.0 Å². The zero-order chi connectivity index (χ0) is 20.1. The number of carbonyl (C=O) groups excluding carboxylic acids is 2. The highest BCUT2D eigenvalue weighted by atomic mass is 35.5. The maximum Gasteiger partial charge on any atom is 0.274 e. The van der Waals surface area contributed by atoms with E-state index < -0.39 is 11.7 Å². The van der Waals surface area contributed by atoms with Crippen LogP contribution in [-0.2, 0) is 4.79 Å². The van der Waals surface area contributed by atoms with E-state index in [1.54, 1.807) is 36.4 Å². The molecule has 0 bridgehead atoms. The fourth-order valence-corrected chi connectivity index (χ4v) is 2.59. The van der Waals surface area contributed by atoms with E-state index in [4.69, 9.17) is 11.6 Å². The van der Waals surface area contributed by atoms with Crippen molar-refractivity contribution in [1.82, 2.24) is 4.98 Å². The van der Waals surface area contributed by atoms with Crippen LogP contribution in [0.15, 0.2) is 60.8 Å². The second-order valence-corrected chi connectivity index (χ2v) is 6.30. The van der Waals surface area contributed by atoms with Gasteiger partial charge in [-0.15, -0.1) is 0 Å². The minimum absolute atomic E-state index is 0.000248. The molecule has 0 radical (unpaired) electrons. The quantitative estimate of drug-likeness (QED) is 0.575. The zero-order valence-electron chi connectivity index (χ0n) is 14.8. The number of hydrogen-bond acceptors (Lipinski definition) is 4. The SMILES string of the molecule is CC(=O)Nc1ccc(NC(=O)c2cc(Nc3ccc(F)c(Cl)c3)ccn2)cc1. The van der Waals surface area contributed by atoms with Crippen LogP contribution in [0, 0.1) is 5.82 Å². The summed E-state index contributed by atoms with van der Waals surface area (Å²) in [4.78, 5) is 27.5. The van der Waals surface area contributed by atoms with Crippen molar-refractivity contribution in [2.75, 3.05) is 16.0 Å². The lowest BCUT2D eigenvalue weighted by molar-refractivity contribution is -0.114. The Labute approximate surface area is 165 Å². The van der Waals surface area contributed by atoms with Gasteiger partial charge in [0.05, 0.1) is 5.02 Å². The molecule has 0 aliphatic heterocycles. The molecule has 1 heterocycles. The highest BCUT2D eigenvalue weighted by molar-refractivity contribution is 6.31. The van der Waals surface area contributed by atoms with Gasteiger partial charge in [-0.1, -0.05) is 11.6 Å². The lowest BCUT2D eigenvalue weighted by Crippen LogP contribution is -2.14. The molecule has 0 aliphatic rings. The fourth-order valence-electron chi connectivity index (χ4n) is 2.41. The Morgan fingerprint density at radius 1 is 0.893 bits per heavy atom. The number of halogens is 2. The summed E-state index contributed by atoms with van der Waals surface area (Å²) >= 11 is 5.78. The number of nitrogens with zero attached hydrogens (tertiary/aromatic N) is 1. The van der Waals surface area contributed by atoms with Crippen molar-refractivity contribution in [2.45, 2.75) is 6.92 Å². The van der Waals surface area contributed by atoms with Gasteiger partial charge in [0.2, 0.25) is 5.91 Å². The van der Waals surface area contributed by atoms with Crippen LogP contribution in [0.3, 0.4) is 0 Å². The van der Waals surface area contributed by atoms with Gasteiger partial charge >= 0.3 is 0 Å². The summed E-state index contributed by atoms with van der Waals surface area (Å²) in [6.45, 7) is 1.42. The van der Waals surface area contributed by atoms with Gasteiger partial charge in [-0.25, -0.2) is 4.39 Å². The highest BCUT2D eigenvalue weighted by Gasteiger charge is 2.09. The Bertz CT molecular complexity index is 1020. The van der Waals surface area contributed by atoms with Gasteiger partial charge in [-0.3, -0.25) is 14.6 Å². The molecule has 2 amide bonds. The molecule has 2 aromatic carbocycles. The third-order valence-corrected chi connectivity index (χ3v) is 3.95. The maximum atomic E-state index is 13.3. The molecule has 0 fully saturated rings. The fraction of sp³-hybridized carbons (Fsp3) is 0.0500. The maximum absolute atomic E-state index is 13.3. The Balaban J connectivity index is 1.69. The lowest BCUT2D eigenvalue weighted by atomic mass is 10.2. The largest absolute Gasteiger partial charge is 0.355 e. The van der Waals surface area contributed by atoms with E-state index in [-0.39, 0.29) is 16.6 Å². The van der Waals surface area contributed by atoms with Gasteiger partial charge in [0.15, 0.2) is 0 Å². The predicted octanol–water partition coefficient (Wildman–Crippen LogP) is 4.83. The van der Waals surface area contributed by atoms with Crippen LogP contribution >= 0.6 is 11.6 Å². The number of aromatic nitrogens is 1. The van der Waals surface area contributed by atoms with Crippen molar-refractivity contribution in [3.05, 3.63) is 77.3 Å². The number of carbonyl (C=O) groups is 2. The van der Waals surface area contributed by atoms with Crippen molar-refractivity contribution in [1.29, 1.82) is 0 Å². The van der Waals surface area contributed by atoms with Gasteiger partial charge in [0, 0.05) is 35.9 Å². The monoisotopic (exact) mass is 398 g/mol. The summed E-state index contributed by atoms with van der Waals surface area (Å²) in [6.07, 6.45) is 1.49. The second kappa shape index (κ2) is 8.49. The average molecular weight is 399 g/mol. The lowest BCUT2D eigenvalue weighted by Gasteiger charge is -2.09. The number of nitrogens with one attached hydrogen (secondary N) is 3. The van der Waals surface area contributed by atoms with E-state index in [0.717, 1.165) is 0 Å². The molecule has 0 saturated carbocycles. The predicted molar refractivity (Wildman–Crippen MR) is 108 cm³/mol. The van der Waals surface area contributed by atoms with Crippen molar-refractivity contribution < 1.29 is 14.0 Å². The molecule has 142 valence electrons. The summed E-state index contributed by atoms with van der Waals surface area (Å²) in [5.74, 6) is -1.08. The van der Waals surface area contributed by atoms with Crippen LogP contribution in [0.1, 0.15) is 17.4 Å². The van der Waals surface area contributed by atoms with Crippen molar-refractivity contribution >= 4 is 46.2 Å². The normalized spacial score (nSPS) is 10.2. The molecule has 3 N–H and O–H groups in total. The average Bonchev–Trinajstić information content (AvgIpc) is 2.66. The van der Waals surface area contributed by atoms with E-state index in [0.29, 0.717) is 22.7 Å². The van der Waals surface area contributed by atoms with Gasteiger partial charge in [-0.2, -0.15) is 0 Å². The standard InChI is InChI=1S/C20H16ClFN4O2/c1-12(27)24-13-2-4-14(5-3-13)26-20(28)19-11-16(8-9-23-19)25-15-6-7-18(22)17(21)10-15/h2-11H,1H3,(H,23,25)(H,24,27)(H,26,28). The first kappa shape index (κ1) is 19.3. The molecular weight excluding hydrogens is 383 g/mol. The van der Waals surface area contributed by atoms with Gasteiger partial charge in [0.1, 0.15) is 11.5 Å². The molecule has 8 heteroatoms. The van der Waals surface area contributed by atoms with Gasteiger partial charge in [-0.05, 0) is 54.6 Å². The Morgan fingerprint density at radius 2 is 1.50 bits per heavy atom. The Kier molecular flexibility index (Phi) is 5.86. The first-order valence-corrected chi connectivity index (χ1v) is 8.65. The van der Waals surface area contributed by atoms with Gasteiger partial charge in [0.25, 0.3) is 5.91 Å². The van der Waals surface area contributed by atoms with Crippen LogP contribution in [0.4, 0.5) is 27.1 Å². The zero-order valence-corrected chi connectivity index (χ0v) is 15.5. The number of amides is 2. The van der Waals surface area contributed by atoms with Crippen LogP contribution in [-0.4, -0.2) is 16.8 Å². The summed E-state index contributed by atoms with van der Waals surface area (Å²) in [7, 11) is 0.